The lowest BCUT2D eigenvalue weighted by atomic mass is 10.3. The van der Waals surface area contributed by atoms with Crippen LogP contribution in [0.25, 0.3) is 11.6 Å². The lowest BCUT2D eigenvalue weighted by Gasteiger charge is -1.96. The minimum Gasteiger partial charge on any atom is -0.339 e. The van der Waals surface area contributed by atoms with Gasteiger partial charge in [0, 0.05) is 37.3 Å². The Morgan fingerprint density at radius 2 is 2.29 bits per heavy atom. The highest BCUT2D eigenvalue weighted by molar-refractivity contribution is 5.44. The number of H-pyrrole nitrogens is 1. The molecule has 1 aliphatic rings. The van der Waals surface area contributed by atoms with Crippen molar-refractivity contribution in [1.29, 1.82) is 0 Å². The highest BCUT2D eigenvalue weighted by atomic mass is 15.1. The molecule has 3 rings (SSSR count). The van der Waals surface area contributed by atoms with Gasteiger partial charge in [0.25, 0.3) is 0 Å². The largest absolute Gasteiger partial charge is 0.339 e. The smallest absolute Gasteiger partial charge is 0.175 e. The van der Waals surface area contributed by atoms with Gasteiger partial charge < -0.3 is 9.55 Å². The van der Waals surface area contributed by atoms with E-state index in [4.69, 9.17) is 0 Å². The van der Waals surface area contributed by atoms with E-state index < -0.39 is 0 Å². The Hall–Kier alpha value is -1.58. The zero-order valence-electron chi connectivity index (χ0n) is 8.07. The average Bonchev–Trinajstić information content (AvgIpc) is 2.75. The fraction of sp³-hybridized carbons (Fsp3) is 0.400. The molecule has 72 valence electrons. The topological polar surface area (TPSA) is 46.5 Å². The van der Waals surface area contributed by atoms with E-state index in [-0.39, 0.29) is 0 Å². The van der Waals surface area contributed by atoms with Crippen LogP contribution in [0.15, 0.2) is 18.6 Å². The molecule has 0 saturated heterocycles. The van der Waals surface area contributed by atoms with Crippen LogP contribution in [0.4, 0.5) is 0 Å². The molecule has 4 heteroatoms. The van der Waals surface area contributed by atoms with Crippen LogP contribution in [-0.4, -0.2) is 19.5 Å². The third kappa shape index (κ3) is 1.14. The molecule has 0 aromatic carbocycles. The fourth-order valence-corrected chi connectivity index (χ4v) is 1.64. The second-order valence-corrected chi connectivity index (χ2v) is 3.82. The van der Waals surface area contributed by atoms with Crippen LogP contribution >= 0.6 is 0 Å². The van der Waals surface area contributed by atoms with Crippen molar-refractivity contribution in [3.8, 4) is 11.6 Å². The summed E-state index contributed by atoms with van der Waals surface area (Å²) in [5, 5.41) is 0. The van der Waals surface area contributed by atoms with Gasteiger partial charge in [-0.1, -0.05) is 0 Å². The first-order valence-corrected chi connectivity index (χ1v) is 4.87. The van der Waals surface area contributed by atoms with Crippen molar-refractivity contribution in [1.82, 2.24) is 19.5 Å². The first-order valence-electron chi connectivity index (χ1n) is 4.87. The van der Waals surface area contributed by atoms with Crippen LogP contribution in [0.3, 0.4) is 0 Å². The Labute approximate surface area is 82.0 Å². The zero-order valence-corrected chi connectivity index (χ0v) is 8.07. The molecule has 0 radical (unpaired) electrons. The van der Waals surface area contributed by atoms with Crippen LogP contribution in [0, 0.1) is 0 Å². The van der Waals surface area contributed by atoms with Crippen molar-refractivity contribution in [2.45, 2.75) is 18.8 Å². The van der Waals surface area contributed by atoms with Crippen molar-refractivity contribution in [3.63, 3.8) is 0 Å². The van der Waals surface area contributed by atoms with E-state index in [0.717, 1.165) is 17.6 Å². The molecule has 14 heavy (non-hydrogen) atoms. The minimum absolute atomic E-state index is 0.719. The van der Waals surface area contributed by atoms with E-state index in [1.54, 1.807) is 6.20 Å². The Kier molecular flexibility index (Phi) is 1.50. The fourth-order valence-electron chi connectivity index (χ4n) is 1.64. The van der Waals surface area contributed by atoms with E-state index in [9.17, 15) is 0 Å². The van der Waals surface area contributed by atoms with Crippen molar-refractivity contribution in [2.24, 2.45) is 7.05 Å². The van der Waals surface area contributed by atoms with Gasteiger partial charge in [0.1, 0.15) is 0 Å². The van der Waals surface area contributed by atoms with Crippen LogP contribution in [0.2, 0.25) is 0 Å². The Morgan fingerprint density at radius 1 is 1.43 bits per heavy atom. The lowest BCUT2D eigenvalue weighted by molar-refractivity contribution is 0.910. The molecule has 1 aliphatic carbocycles. The SMILES string of the molecule is Cn1ccnc1-c1ncc(C2CC2)[nH]1. The van der Waals surface area contributed by atoms with Gasteiger partial charge in [0.15, 0.2) is 11.6 Å². The summed E-state index contributed by atoms with van der Waals surface area (Å²) in [7, 11) is 1.97. The number of nitrogens with one attached hydrogen (secondary N) is 1. The number of imidazole rings is 2. The molecule has 2 aromatic rings. The standard InChI is InChI=1S/C10H12N4/c1-14-5-4-11-10(14)9-12-6-8(13-9)7-2-3-7/h4-7H,2-3H2,1H3,(H,12,13). The summed E-state index contributed by atoms with van der Waals surface area (Å²) >= 11 is 0. The number of hydrogen-bond donors (Lipinski definition) is 1. The van der Waals surface area contributed by atoms with Crippen LogP contribution in [0.5, 0.6) is 0 Å². The third-order valence-corrected chi connectivity index (χ3v) is 2.65. The van der Waals surface area contributed by atoms with E-state index in [2.05, 4.69) is 15.0 Å². The molecule has 2 aromatic heterocycles. The first kappa shape index (κ1) is 7.79. The van der Waals surface area contributed by atoms with Gasteiger partial charge >= 0.3 is 0 Å². The molecule has 1 N–H and O–H groups in total. The molecule has 2 heterocycles. The highest BCUT2D eigenvalue weighted by Gasteiger charge is 2.25. The molecule has 0 amide bonds. The number of nitrogens with zero attached hydrogens (tertiary/aromatic N) is 3. The first-order chi connectivity index (χ1) is 6.84. The van der Waals surface area contributed by atoms with Crippen LogP contribution in [-0.2, 0) is 7.05 Å². The van der Waals surface area contributed by atoms with Crippen LogP contribution in [0.1, 0.15) is 24.5 Å². The highest BCUT2D eigenvalue weighted by Crippen LogP contribution is 2.39. The van der Waals surface area contributed by atoms with Gasteiger partial charge in [-0.25, -0.2) is 9.97 Å². The maximum absolute atomic E-state index is 4.34. The monoisotopic (exact) mass is 188 g/mol. The summed E-state index contributed by atoms with van der Waals surface area (Å²) in [4.78, 5) is 11.9. The van der Waals surface area contributed by atoms with E-state index in [0.29, 0.717) is 0 Å². The minimum atomic E-state index is 0.719. The van der Waals surface area contributed by atoms with Gasteiger partial charge in [-0.3, -0.25) is 0 Å². The predicted molar refractivity (Wildman–Crippen MR) is 52.8 cm³/mol. The third-order valence-electron chi connectivity index (χ3n) is 2.65. The molecular formula is C10H12N4. The normalized spacial score (nSPS) is 16.1. The Balaban J connectivity index is 1.99. The van der Waals surface area contributed by atoms with Crippen molar-refractivity contribution < 1.29 is 0 Å². The lowest BCUT2D eigenvalue weighted by Crippen LogP contribution is -1.92. The van der Waals surface area contributed by atoms with Gasteiger partial charge in [0.05, 0.1) is 0 Å². The number of aryl methyl sites for hydroxylation is 1. The van der Waals surface area contributed by atoms with Gasteiger partial charge in [0.2, 0.25) is 0 Å². The summed E-state index contributed by atoms with van der Waals surface area (Å²) in [6.45, 7) is 0. The van der Waals surface area contributed by atoms with Gasteiger partial charge in [-0.2, -0.15) is 0 Å². The summed E-state index contributed by atoms with van der Waals surface area (Å²) in [6, 6.07) is 0. The summed E-state index contributed by atoms with van der Waals surface area (Å²) in [6.07, 6.45) is 8.23. The van der Waals surface area contributed by atoms with E-state index in [1.165, 1.54) is 18.5 Å². The van der Waals surface area contributed by atoms with Gasteiger partial charge in [-0.15, -0.1) is 0 Å². The molecule has 0 spiro atoms. The van der Waals surface area contributed by atoms with Crippen molar-refractivity contribution in [3.05, 3.63) is 24.3 Å². The average molecular weight is 188 g/mol. The number of hydrogen-bond acceptors (Lipinski definition) is 2. The van der Waals surface area contributed by atoms with Crippen LogP contribution < -0.4 is 0 Å². The Bertz CT molecular complexity index is 450. The quantitative estimate of drug-likeness (QED) is 0.779. The molecule has 0 atom stereocenters. The number of rotatable bonds is 2. The molecule has 1 saturated carbocycles. The summed E-state index contributed by atoms with van der Waals surface area (Å²) < 4.78 is 1.97. The molecule has 4 nitrogen and oxygen atoms in total. The molecular weight excluding hydrogens is 176 g/mol. The van der Waals surface area contributed by atoms with Gasteiger partial charge in [-0.05, 0) is 12.8 Å². The molecule has 0 unspecified atom stereocenters. The second-order valence-electron chi connectivity index (χ2n) is 3.82. The number of aromatic nitrogens is 4. The number of aromatic amines is 1. The molecule has 0 bridgehead atoms. The second kappa shape index (κ2) is 2.70. The predicted octanol–water partition coefficient (Wildman–Crippen LogP) is 1.69. The van der Waals surface area contributed by atoms with Crippen molar-refractivity contribution in [2.75, 3.05) is 0 Å². The maximum atomic E-state index is 4.34. The van der Waals surface area contributed by atoms with E-state index >= 15 is 0 Å². The maximum Gasteiger partial charge on any atom is 0.175 e. The van der Waals surface area contributed by atoms with E-state index in [1.807, 2.05) is 24.0 Å². The van der Waals surface area contributed by atoms with Crippen molar-refractivity contribution >= 4 is 0 Å². The molecule has 1 fully saturated rings. The summed E-state index contributed by atoms with van der Waals surface area (Å²) in [5.41, 5.74) is 1.25. The summed E-state index contributed by atoms with van der Waals surface area (Å²) in [5.74, 6) is 2.49. The molecule has 0 aliphatic heterocycles. The zero-order chi connectivity index (χ0) is 9.54. The Morgan fingerprint density at radius 3 is 2.93 bits per heavy atom.